The van der Waals surface area contributed by atoms with Crippen molar-refractivity contribution < 1.29 is 38.1 Å². The standard InChI is InChI=1S/C15H20N2O8S/c1-7(18)17-12-14(24-10(4)21)13(23-9(3)20)11(5-22-8(2)19)25-15(12)16-6-26/h11-15H,5H2,1-4H3,(H,17,18)/t11-,12+,13+,14-,15-/m0/s1. The highest BCUT2D eigenvalue weighted by Crippen LogP contribution is 2.27. The summed E-state index contributed by atoms with van der Waals surface area (Å²) in [5.41, 5.74) is 0. The number of nitrogens with zero attached hydrogens (tertiary/aromatic N) is 1. The van der Waals surface area contributed by atoms with Crippen molar-refractivity contribution in [3.05, 3.63) is 0 Å². The molecular weight excluding hydrogens is 368 g/mol. The Balaban J connectivity index is 3.28. The van der Waals surface area contributed by atoms with Crippen LogP contribution in [0.1, 0.15) is 27.7 Å². The Hall–Kier alpha value is -2.36. The van der Waals surface area contributed by atoms with E-state index in [9.17, 15) is 19.2 Å². The molecule has 5 atom stereocenters. The topological polar surface area (TPSA) is 130 Å². The number of isothiocyanates is 1. The first-order valence-corrected chi connectivity index (χ1v) is 8.03. The number of nitrogens with one attached hydrogen (secondary N) is 1. The van der Waals surface area contributed by atoms with Crippen LogP contribution in [0.15, 0.2) is 4.99 Å². The molecule has 10 nitrogen and oxygen atoms in total. The molecule has 0 aromatic rings. The number of aliphatic imine (C=N–C) groups is 1. The van der Waals surface area contributed by atoms with E-state index >= 15 is 0 Å². The summed E-state index contributed by atoms with van der Waals surface area (Å²) in [7, 11) is 0. The summed E-state index contributed by atoms with van der Waals surface area (Å²) in [6.07, 6.45) is -4.39. The molecule has 1 amide bonds. The highest BCUT2D eigenvalue weighted by molar-refractivity contribution is 7.78. The minimum atomic E-state index is -1.15. The maximum atomic E-state index is 11.5. The number of ether oxygens (including phenoxy) is 4. The Labute approximate surface area is 155 Å². The van der Waals surface area contributed by atoms with Gasteiger partial charge >= 0.3 is 17.9 Å². The monoisotopic (exact) mass is 388 g/mol. The van der Waals surface area contributed by atoms with E-state index in [1.807, 2.05) is 0 Å². The number of rotatable bonds is 6. The number of hydrogen-bond donors (Lipinski definition) is 1. The van der Waals surface area contributed by atoms with Gasteiger partial charge in [-0.05, 0) is 12.2 Å². The van der Waals surface area contributed by atoms with Crippen LogP contribution in [0.2, 0.25) is 0 Å². The van der Waals surface area contributed by atoms with Crippen molar-refractivity contribution in [2.24, 2.45) is 4.99 Å². The summed E-state index contributed by atoms with van der Waals surface area (Å²) >= 11 is 4.58. The summed E-state index contributed by atoms with van der Waals surface area (Å²) in [6, 6.07) is -0.996. The molecule has 11 heteroatoms. The zero-order chi connectivity index (χ0) is 19.9. The van der Waals surface area contributed by atoms with Crippen molar-refractivity contribution in [1.29, 1.82) is 0 Å². The molecule has 1 fully saturated rings. The van der Waals surface area contributed by atoms with E-state index in [0.29, 0.717) is 0 Å². The number of thiocarbonyl (C=S) groups is 1. The third-order valence-corrected chi connectivity index (χ3v) is 3.38. The van der Waals surface area contributed by atoms with E-state index in [1.165, 1.54) is 13.8 Å². The normalized spacial score (nSPS) is 27.5. The highest BCUT2D eigenvalue weighted by Gasteiger charge is 2.50. The molecule has 144 valence electrons. The first kappa shape index (κ1) is 21.7. The lowest BCUT2D eigenvalue weighted by atomic mass is 9.95. The van der Waals surface area contributed by atoms with Crippen LogP contribution in [-0.4, -0.2) is 66.2 Å². The van der Waals surface area contributed by atoms with E-state index in [0.717, 1.165) is 13.8 Å². The molecule has 0 radical (unpaired) electrons. The van der Waals surface area contributed by atoms with Crippen molar-refractivity contribution >= 4 is 41.2 Å². The zero-order valence-corrected chi connectivity index (χ0v) is 15.5. The van der Waals surface area contributed by atoms with Gasteiger partial charge < -0.3 is 24.3 Å². The lowest BCUT2D eigenvalue weighted by molar-refractivity contribution is -0.222. The Morgan fingerprint density at radius 1 is 1.04 bits per heavy atom. The van der Waals surface area contributed by atoms with Gasteiger partial charge in [0, 0.05) is 27.7 Å². The molecule has 0 bridgehead atoms. The van der Waals surface area contributed by atoms with Crippen LogP contribution in [-0.2, 0) is 38.1 Å². The zero-order valence-electron chi connectivity index (χ0n) is 14.7. The van der Waals surface area contributed by atoms with Gasteiger partial charge in [-0.15, -0.1) is 0 Å². The Morgan fingerprint density at radius 2 is 1.62 bits per heavy atom. The molecular formula is C15H20N2O8S. The Morgan fingerprint density at radius 3 is 2.08 bits per heavy atom. The molecule has 1 saturated heterocycles. The quantitative estimate of drug-likeness (QED) is 0.283. The third kappa shape index (κ3) is 6.51. The van der Waals surface area contributed by atoms with Crippen molar-refractivity contribution in [2.75, 3.05) is 6.61 Å². The molecule has 0 aromatic carbocycles. The average Bonchev–Trinajstić information content (AvgIpc) is 2.50. The van der Waals surface area contributed by atoms with Gasteiger partial charge in [-0.2, -0.15) is 4.99 Å². The van der Waals surface area contributed by atoms with Crippen molar-refractivity contribution in [3.8, 4) is 0 Å². The largest absolute Gasteiger partial charge is 0.463 e. The molecule has 0 unspecified atom stereocenters. The van der Waals surface area contributed by atoms with Crippen LogP contribution < -0.4 is 5.32 Å². The van der Waals surface area contributed by atoms with Gasteiger partial charge in [-0.3, -0.25) is 19.2 Å². The average molecular weight is 388 g/mol. The summed E-state index contributed by atoms with van der Waals surface area (Å²) < 4.78 is 21.1. The molecule has 26 heavy (non-hydrogen) atoms. The lowest BCUT2D eigenvalue weighted by Crippen LogP contribution is -2.65. The second kappa shape index (κ2) is 9.95. The minimum absolute atomic E-state index is 0.290. The second-order valence-corrected chi connectivity index (χ2v) is 5.65. The molecule has 0 aromatic heterocycles. The van der Waals surface area contributed by atoms with Crippen molar-refractivity contribution in [2.45, 2.75) is 58.3 Å². The van der Waals surface area contributed by atoms with Crippen LogP contribution in [0.3, 0.4) is 0 Å². The molecule has 1 aliphatic rings. The maximum Gasteiger partial charge on any atom is 0.303 e. The van der Waals surface area contributed by atoms with Gasteiger partial charge in [-0.25, -0.2) is 0 Å². The number of esters is 3. The minimum Gasteiger partial charge on any atom is -0.463 e. The molecule has 1 heterocycles. The fourth-order valence-corrected chi connectivity index (χ4v) is 2.57. The number of amides is 1. The number of hydrogen-bond acceptors (Lipinski definition) is 10. The highest BCUT2D eigenvalue weighted by atomic mass is 32.1. The summed E-state index contributed by atoms with van der Waals surface area (Å²) in [5, 5.41) is 4.67. The van der Waals surface area contributed by atoms with E-state index in [-0.39, 0.29) is 6.61 Å². The number of carbonyl (C=O) groups excluding carboxylic acids is 4. The predicted octanol–water partition coefficient (Wildman–Crippen LogP) is -0.255. The van der Waals surface area contributed by atoms with Crippen LogP contribution in [0.5, 0.6) is 0 Å². The van der Waals surface area contributed by atoms with E-state index < -0.39 is 54.4 Å². The fourth-order valence-electron chi connectivity index (χ4n) is 2.47. The first-order chi connectivity index (χ1) is 12.1. The SMILES string of the molecule is CC(=O)N[C@@H]1[C@H](OC(C)=O)[C@H](OC(C)=O)[C@H](COC(C)=O)O[C@@H]1N=C=S. The molecule has 0 saturated carbocycles. The predicted molar refractivity (Wildman–Crippen MR) is 89.0 cm³/mol. The van der Waals surface area contributed by atoms with Crippen LogP contribution in [0.4, 0.5) is 0 Å². The molecule has 1 N–H and O–H groups in total. The van der Waals surface area contributed by atoms with Crippen molar-refractivity contribution in [3.63, 3.8) is 0 Å². The first-order valence-electron chi connectivity index (χ1n) is 7.63. The van der Waals surface area contributed by atoms with E-state index in [2.05, 4.69) is 27.7 Å². The van der Waals surface area contributed by atoms with E-state index in [4.69, 9.17) is 18.9 Å². The smallest absolute Gasteiger partial charge is 0.303 e. The molecule has 1 aliphatic heterocycles. The summed E-state index contributed by atoms with van der Waals surface area (Å²) in [4.78, 5) is 49.5. The van der Waals surface area contributed by atoms with Gasteiger partial charge in [0.05, 0.1) is 5.16 Å². The second-order valence-electron chi connectivity index (χ2n) is 5.46. The lowest BCUT2D eigenvalue weighted by Gasteiger charge is -2.43. The van der Waals surface area contributed by atoms with Gasteiger partial charge in [0.25, 0.3) is 0 Å². The summed E-state index contributed by atoms with van der Waals surface area (Å²) in [6.45, 7) is 4.46. The Kier molecular flexibility index (Phi) is 8.30. The van der Waals surface area contributed by atoms with Gasteiger partial charge in [0.15, 0.2) is 18.4 Å². The molecule has 0 spiro atoms. The van der Waals surface area contributed by atoms with E-state index in [1.54, 1.807) is 0 Å². The third-order valence-electron chi connectivity index (χ3n) is 3.27. The van der Waals surface area contributed by atoms with Crippen LogP contribution in [0.25, 0.3) is 0 Å². The number of carbonyl (C=O) groups is 4. The fraction of sp³-hybridized carbons (Fsp3) is 0.667. The Bertz CT molecular complexity index is 619. The summed E-state index contributed by atoms with van der Waals surface area (Å²) in [5.74, 6) is -2.40. The van der Waals surface area contributed by atoms with Crippen molar-refractivity contribution in [1.82, 2.24) is 5.32 Å². The maximum absolute atomic E-state index is 11.5. The van der Waals surface area contributed by atoms with Crippen LogP contribution in [0, 0.1) is 0 Å². The van der Waals surface area contributed by atoms with Gasteiger partial charge in [0.2, 0.25) is 5.91 Å². The molecule has 0 aliphatic carbocycles. The van der Waals surface area contributed by atoms with Gasteiger partial charge in [0.1, 0.15) is 18.8 Å². The van der Waals surface area contributed by atoms with Crippen LogP contribution >= 0.6 is 12.2 Å². The van der Waals surface area contributed by atoms with Gasteiger partial charge in [-0.1, -0.05) is 0 Å². The molecule has 1 rings (SSSR count).